The molecule has 17 heavy (non-hydrogen) atoms. The van der Waals surface area contributed by atoms with Crippen LogP contribution >= 0.6 is 15.8 Å². The quantitative estimate of drug-likeness (QED) is 0.535. The zero-order valence-corrected chi connectivity index (χ0v) is 13.7. The van der Waals surface area contributed by atoms with Crippen molar-refractivity contribution in [1.29, 1.82) is 0 Å². The van der Waals surface area contributed by atoms with Crippen LogP contribution in [0.25, 0.3) is 0 Å². The van der Waals surface area contributed by atoms with Crippen molar-refractivity contribution in [3.63, 3.8) is 0 Å². The molecule has 0 aliphatic heterocycles. The Kier molecular flexibility index (Phi) is 7.65. The monoisotopic (exact) mass is 270 g/mol. The van der Waals surface area contributed by atoms with E-state index in [1.54, 1.807) is 5.57 Å². The first-order chi connectivity index (χ1) is 8.24. The molecule has 0 fully saturated rings. The van der Waals surface area contributed by atoms with Gasteiger partial charge in [-0.1, -0.05) is 51.5 Å². The van der Waals surface area contributed by atoms with Crippen molar-refractivity contribution in [1.82, 2.24) is 0 Å². The molecule has 0 amide bonds. The average Bonchev–Trinajstić information content (AvgIpc) is 2.80. The highest BCUT2D eigenvalue weighted by Crippen LogP contribution is 2.44. The van der Waals surface area contributed by atoms with E-state index in [1.165, 1.54) is 37.0 Å². The van der Waals surface area contributed by atoms with E-state index in [0.29, 0.717) is 0 Å². The maximum atomic E-state index is 2.45. The Balaban J connectivity index is 2.50. The van der Waals surface area contributed by atoms with Gasteiger partial charge in [-0.15, -0.1) is 15.8 Å². The smallest absolute Gasteiger partial charge is 0.00258 e. The lowest BCUT2D eigenvalue weighted by atomic mass is 10.1. The predicted octanol–water partition coefficient (Wildman–Crippen LogP) is 5.14. The van der Waals surface area contributed by atoms with Gasteiger partial charge < -0.3 is 0 Å². The molecule has 2 heteroatoms. The highest BCUT2D eigenvalue weighted by atomic mass is 31.1. The van der Waals surface area contributed by atoms with Gasteiger partial charge in [-0.25, -0.2) is 0 Å². The van der Waals surface area contributed by atoms with E-state index in [4.69, 9.17) is 0 Å². The molecule has 0 spiro atoms. The van der Waals surface area contributed by atoms with Gasteiger partial charge in [0.05, 0.1) is 0 Å². The highest BCUT2D eigenvalue weighted by molar-refractivity contribution is 7.58. The van der Waals surface area contributed by atoms with Gasteiger partial charge in [0, 0.05) is 5.92 Å². The van der Waals surface area contributed by atoms with Crippen LogP contribution in [0, 0.1) is 5.92 Å². The van der Waals surface area contributed by atoms with Crippen LogP contribution in [0.15, 0.2) is 23.8 Å². The van der Waals surface area contributed by atoms with Crippen LogP contribution in [-0.4, -0.2) is 37.0 Å². The third-order valence-electron chi connectivity index (χ3n) is 3.78. The normalized spacial score (nSPS) is 19.4. The predicted molar refractivity (Wildman–Crippen MR) is 86.5 cm³/mol. The second kappa shape index (κ2) is 8.44. The fourth-order valence-electron chi connectivity index (χ4n) is 2.37. The highest BCUT2D eigenvalue weighted by Gasteiger charge is 2.19. The van der Waals surface area contributed by atoms with Crippen molar-refractivity contribution in [3.8, 4) is 0 Å². The van der Waals surface area contributed by atoms with Gasteiger partial charge in [-0.05, 0) is 37.0 Å². The van der Waals surface area contributed by atoms with Crippen LogP contribution in [0.2, 0.25) is 0 Å². The summed E-state index contributed by atoms with van der Waals surface area (Å²) in [7, 11) is 0.559. The first-order valence-electron chi connectivity index (χ1n) is 7.06. The molecule has 1 rings (SSSR count). The molecule has 1 aliphatic carbocycles. The van der Waals surface area contributed by atoms with E-state index in [1.807, 2.05) is 0 Å². The third-order valence-corrected chi connectivity index (χ3v) is 9.08. The van der Waals surface area contributed by atoms with Crippen LogP contribution in [-0.2, 0) is 0 Å². The van der Waals surface area contributed by atoms with Crippen molar-refractivity contribution < 1.29 is 0 Å². The zero-order valence-electron chi connectivity index (χ0n) is 11.9. The lowest BCUT2D eigenvalue weighted by molar-refractivity contribution is 0.888. The average molecular weight is 270 g/mol. The molecule has 98 valence electrons. The lowest BCUT2D eigenvalue weighted by Crippen LogP contribution is -2.08. The first-order valence-corrected chi connectivity index (χ1v) is 10.9. The summed E-state index contributed by atoms with van der Waals surface area (Å²) in [4.78, 5) is 0. The van der Waals surface area contributed by atoms with E-state index in [2.05, 4.69) is 45.9 Å². The molecule has 0 saturated carbocycles. The summed E-state index contributed by atoms with van der Waals surface area (Å²) >= 11 is 0. The molecule has 0 N–H and O–H groups in total. The number of hydrogen-bond donors (Lipinski definition) is 0. The van der Waals surface area contributed by atoms with Crippen molar-refractivity contribution in [2.45, 2.75) is 27.7 Å². The second-order valence-corrected chi connectivity index (χ2v) is 10.6. The third kappa shape index (κ3) is 4.84. The summed E-state index contributed by atoms with van der Waals surface area (Å²) in [5.74, 6) is 0.795. The van der Waals surface area contributed by atoms with Gasteiger partial charge in [0.1, 0.15) is 0 Å². The molecule has 0 saturated heterocycles. The minimum absolute atomic E-state index is 0.272. The molecular weight excluding hydrogens is 242 g/mol. The number of allylic oxidation sites excluding steroid dienone is 4. The molecule has 0 radical (unpaired) electrons. The molecule has 1 atom stereocenters. The summed E-state index contributed by atoms with van der Waals surface area (Å²) in [6.45, 7) is 9.45. The lowest BCUT2D eigenvalue weighted by Gasteiger charge is -2.23. The maximum Gasteiger partial charge on any atom is 0.00258 e. The molecular formula is C15H28P2. The van der Waals surface area contributed by atoms with Crippen LogP contribution in [0.1, 0.15) is 27.7 Å². The van der Waals surface area contributed by atoms with E-state index >= 15 is 0 Å². The van der Waals surface area contributed by atoms with Gasteiger partial charge in [-0.2, -0.15) is 0 Å². The molecule has 0 bridgehead atoms. The van der Waals surface area contributed by atoms with Gasteiger partial charge in [0.2, 0.25) is 0 Å². The van der Waals surface area contributed by atoms with Gasteiger partial charge in [0.25, 0.3) is 0 Å². The summed E-state index contributed by atoms with van der Waals surface area (Å²) in [5, 5.41) is 0. The Morgan fingerprint density at radius 1 is 0.941 bits per heavy atom. The van der Waals surface area contributed by atoms with E-state index in [0.717, 1.165) is 5.92 Å². The fraction of sp³-hybridized carbons (Fsp3) is 0.733. The Bertz CT molecular complexity index is 260. The number of rotatable bonds is 8. The standard InChI is InChI=1S/C15H28P2/c1-5-16(6-2)12-14-10-9-11-15(14)13-17(7-3)8-4/h9-11,14H,5-8,12-13H2,1-4H3. The molecule has 0 nitrogen and oxygen atoms in total. The van der Waals surface area contributed by atoms with Crippen LogP contribution in [0.4, 0.5) is 0 Å². The van der Waals surface area contributed by atoms with Gasteiger partial charge in [-0.3, -0.25) is 0 Å². The summed E-state index contributed by atoms with van der Waals surface area (Å²) < 4.78 is 0. The zero-order chi connectivity index (χ0) is 12.7. The Morgan fingerprint density at radius 3 is 2.06 bits per heavy atom. The minimum atomic E-state index is 0.272. The van der Waals surface area contributed by atoms with E-state index < -0.39 is 0 Å². The summed E-state index contributed by atoms with van der Waals surface area (Å²) in [6.07, 6.45) is 15.6. The Labute approximate surface area is 110 Å². The first kappa shape index (κ1) is 15.4. The van der Waals surface area contributed by atoms with Crippen molar-refractivity contribution in [2.24, 2.45) is 5.92 Å². The van der Waals surface area contributed by atoms with Crippen molar-refractivity contribution in [3.05, 3.63) is 23.8 Å². The van der Waals surface area contributed by atoms with Crippen LogP contribution in [0.5, 0.6) is 0 Å². The molecule has 0 aromatic carbocycles. The molecule has 1 unspecified atom stereocenters. The Hall–Kier alpha value is 0.340. The molecule has 0 heterocycles. The minimum Gasteiger partial charge on any atom is -0.106 e. The van der Waals surface area contributed by atoms with Crippen LogP contribution in [0.3, 0.4) is 0 Å². The van der Waals surface area contributed by atoms with E-state index in [9.17, 15) is 0 Å². The Morgan fingerprint density at radius 2 is 1.53 bits per heavy atom. The number of hydrogen-bond acceptors (Lipinski definition) is 0. The maximum absolute atomic E-state index is 2.45. The fourth-order valence-corrected chi connectivity index (χ4v) is 6.00. The van der Waals surface area contributed by atoms with Gasteiger partial charge in [0.15, 0.2) is 0 Å². The second-order valence-electron chi connectivity index (χ2n) is 4.68. The van der Waals surface area contributed by atoms with Crippen molar-refractivity contribution >= 4 is 15.8 Å². The topological polar surface area (TPSA) is 0 Å². The summed E-state index contributed by atoms with van der Waals surface area (Å²) in [5.41, 5.74) is 1.74. The molecule has 0 aromatic rings. The van der Waals surface area contributed by atoms with E-state index in [-0.39, 0.29) is 15.8 Å². The largest absolute Gasteiger partial charge is 0.106 e. The molecule has 1 aliphatic rings. The van der Waals surface area contributed by atoms with Gasteiger partial charge >= 0.3 is 0 Å². The molecule has 0 aromatic heterocycles. The van der Waals surface area contributed by atoms with Crippen molar-refractivity contribution in [2.75, 3.05) is 37.0 Å². The SMILES string of the molecule is CCP(CC)CC1=CC=CC1CP(CC)CC. The van der Waals surface area contributed by atoms with Crippen LogP contribution < -0.4 is 0 Å². The summed E-state index contributed by atoms with van der Waals surface area (Å²) in [6, 6.07) is 0.